The molecule has 0 N–H and O–H groups in total. The first-order chi connectivity index (χ1) is 15.5. The van der Waals surface area contributed by atoms with Gasteiger partial charge in [-0.1, -0.05) is 75.1 Å². The molecule has 0 bridgehead atoms. The summed E-state index contributed by atoms with van der Waals surface area (Å²) in [6, 6.07) is 15.9. The topological polar surface area (TPSA) is 9.23 Å². The van der Waals surface area contributed by atoms with Gasteiger partial charge in [0.25, 0.3) is 0 Å². The molecule has 0 amide bonds. The van der Waals surface area contributed by atoms with Crippen LogP contribution in [0, 0.1) is 11.7 Å². The summed E-state index contributed by atoms with van der Waals surface area (Å²) in [6.45, 7) is -0.618. The van der Waals surface area contributed by atoms with Crippen molar-refractivity contribution in [3.8, 4) is 16.9 Å². The average molecular weight is 441 g/mol. The number of rotatable bonds is 8. The monoisotopic (exact) mass is 440 g/mol. The fraction of sp³-hybridized carbons (Fsp3) is 0.429. The summed E-state index contributed by atoms with van der Waals surface area (Å²) in [6.07, 6.45) is 10.4. The van der Waals surface area contributed by atoms with E-state index >= 15 is 4.39 Å². The molecule has 32 heavy (non-hydrogen) atoms. The second-order valence-corrected chi connectivity index (χ2v) is 9.02. The molecule has 170 valence electrons. The van der Waals surface area contributed by atoms with Crippen LogP contribution in [0.15, 0.2) is 54.6 Å². The molecular weight excluding hydrogens is 409 g/mol. The molecule has 3 aromatic carbocycles. The standard InChI is InChI=1S/C28H31F3O/c1-2-3-4-5-19-6-8-20(9-7-19)22-12-16-26-23(18-22)13-17-25(27(26)29)21-10-14-24(15-11-21)32-28(30)31/h10-20,28H,2-9H2,1H3. The highest BCUT2D eigenvalue weighted by atomic mass is 19.3. The van der Waals surface area contributed by atoms with Gasteiger partial charge in [-0.2, -0.15) is 8.78 Å². The van der Waals surface area contributed by atoms with E-state index in [9.17, 15) is 8.78 Å². The van der Waals surface area contributed by atoms with Crippen LogP contribution in [0.3, 0.4) is 0 Å². The number of benzene rings is 3. The van der Waals surface area contributed by atoms with Gasteiger partial charge in [-0.15, -0.1) is 0 Å². The van der Waals surface area contributed by atoms with Crippen molar-refractivity contribution in [3.05, 3.63) is 66.0 Å². The van der Waals surface area contributed by atoms with Crippen molar-refractivity contribution in [3.63, 3.8) is 0 Å². The molecule has 1 nitrogen and oxygen atoms in total. The molecule has 0 heterocycles. The van der Waals surface area contributed by atoms with Crippen molar-refractivity contribution in [1.82, 2.24) is 0 Å². The smallest absolute Gasteiger partial charge is 0.387 e. The number of fused-ring (bicyclic) bond motifs is 1. The molecule has 0 spiro atoms. The molecule has 0 saturated heterocycles. The summed E-state index contributed by atoms with van der Waals surface area (Å²) < 4.78 is 44.4. The Kier molecular flexibility index (Phi) is 7.39. The van der Waals surface area contributed by atoms with Crippen LogP contribution in [0.4, 0.5) is 13.2 Å². The first kappa shape index (κ1) is 22.7. The number of hydrogen-bond donors (Lipinski definition) is 0. The number of unbranched alkanes of at least 4 members (excludes halogenated alkanes) is 2. The van der Waals surface area contributed by atoms with Crippen LogP contribution in [-0.4, -0.2) is 6.61 Å². The Bertz CT molecular complexity index is 1020. The van der Waals surface area contributed by atoms with Gasteiger partial charge in [0, 0.05) is 10.9 Å². The third kappa shape index (κ3) is 5.28. The van der Waals surface area contributed by atoms with Crippen LogP contribution in [0.25, 0.3) is 21.9 Å². The van der Waals surface area contributed by atoms with Crippen LogP contribution in [0.2, 0.25) is 0 Å². The van der Waals surface area contributed by atoms with E-state index < -0.39 is 6.61 Å². The minimum absolute atomic E-state index is 0.0645. The van der Waals surface area contributed by atoms with Gasteiger partial charge in [0.05, 0.1) is 0 Å². The number of hydrogen-bond acceptors (Lipinski definition) is 1. The van der Waals surface area contributed by atoms with Gasteiger partial charge in [-0.05, 0) is 66.2 Å². The predicted molar refractivity (Wildman–Crippen MR) is 125 cm³/mol. The lowest BCUT2D eigenvalue weighted by molar-refractivity contribution is -0.0498. The Balaban J connectivity index is 1.48. The number of alkyl halides is 2. The van der Waals surface area contributed by atoms with E-state index in [2.05, 4.69) is 23.8 Å². The second kappa shape index (κ2) is 10.4. The summed E-state index contributed by atoms with van der Waals surface area (Å²) in [4.78, 5) is 0. The van der Waals surface area contributed by atoms with Gasteiger partial charge >= 0.3 is 6.61 Å². The highest BCUT2D eigenvalue weighted by Crippen LogP contribution is 2.39. The minimum atomic E-state index is -2.87. The molecule has 0 aromatic heterocycles. The largest absolute Gasteiger partial charge is 0.435 e. The summed E-state index contributed by atoms with van der Waals surface area (Å²) in [7, 11) is 0. The van der Waals surface area contributed by atoms with Crippen LogP contribution >= 0.6 is 0 Å². The molecule has 0 aliphatic heterocycles. The Morgan fingerprint density at radius 2 is 1.66 bits per heavy atom. The second-order valence-electron chi connectivity index (χ2n) is 9.02. The van der Waals surface area contributed by atoms with Gasteiger partial charge in [-0.3, -0.25) is 0 Å². The van der Waals surface area contributed by atoms with E-state index in [0.29, 0.717) is 22.4 Å². The molecule has 0 radical (unpaired) electrons. The van der Waals surface area contributed by atoms with E-state index in [1.807, 2.05) is 12.1 Å². The Hall–Kier alpha value is -2.49. The molecular formula is C28H31F3O. The fourth-order valence-corrected chi connectivity index (χ4v) is 5.07. The molecule has 4 heteroatoms. The van der Waals surface area contributed by atoms with Crippen molar-refractivity contribution >= 4 is 10.8 Å². The molecule has 0 atom stereocenters. The maximum absolute atomic E-state index is 15.3. The third-order valence-corrected chi connectivity index (χ3v) is 6.90. The summed E-state index contributed by atoms with van der Waals surface area (Å²) in [5.74, 6) is 1.22. The van der Waals surface area contributed by atoms with Crippen molar-refractivity contribution < 1.29 is 17.9 Å². The first-order valence-corrected chi connectivity index (χ1v) is 11.8. The first-order valence-electron chi connectivity index (χ1n) is 11.8. The lowest BCUT2D eigenvalue weighted by Crippen LogP contribution is -2.13. The summed E-state index contributed by atoms with van der Waals surface area (Å²) >= 11 is 0. The van der Waals surface area contributed by atoms with E-state index in [0.717, 1.165) is 11.3 Å². The molecule has 1 aliphatic rings. The SMILES string of the molecule is CCCCCC1CCC(c2ccc3c(F)c(-c4ccc(OC(F)F)cc4)ccc3c2)CC1. The third-order valence-electron chi connectivity index (χ3n) is 6.90. The number of ether oxygens (including phenoxy) is 1. The summed E-state index contributed by atoms with van der Waals surface area (Å²) in [5, 5.41) is 1.50. The zero-order valence-corrected chi connectivity index (χ0v) is 18.6. The van der Waals surface area contributed by atoms with E-state index in [-0.39, 0.29) is 11.6 Å². The van der Waals surface area contributed by atoms with Crippen LogP contribution in [0.1, 0.15) is 69.8 Å². The van der Waals surface area contributed by atoms with Crippen molar-refractivity contribution in [1.29, 1.82) is 0 Å². The maximum atomic E-state index is 15.3. The Labute approximate surface area is 188 Å². The van der Waals surface area contributed by atoms with Crippen LogP contribution in [0.5, 0.6) is 5.75 Å². The van der Waals surface area contributed by atoms with Gasteiger partial charge in [-0.25, -0.2) is 4.39 Å². The van der Waals surface area contributed by atoms with Crippen molar-refractivity contribution in [2.24, 2.45) is 5.92 Å². The Morgan fingerprint density at radius 3 is 2.34 bits per heavy atom. The van der Waals surface area contributed by atoms with Crippen LogP contribution in [-0.2, 0) is 0 Å². The zero-order chi connectivity index (χ0) is 22.5. The predicted octanol–water partition coefficient (Wildman–Crippen LogP) is 9.10. The zero-order valence-electron chi connectivity index (χ0n) is 18.6. The van der Waals surface area contributed by atoms with Gasteiger partial charge in [0.15, 0.2) is 0 Å². The lowest BCUT2D eigenvalue weighted by atomic mass is 9.76. The molecule has 0 unspecified atom stereocenters. The van der Waals surface area contributed by atoms with E-state index in [4.69, 9.17) is 0 Å². The van der Waals surface area contributed by atoms with Crippen molar-refractivity contribution in [2.75, 3.05) is 0 Å². The van der Waals surface area contributed by atoms with Gasteiger partial charge in [0.2, 0.25) is 0 Å². The average Bonchev–Trinajstić information content (AvgIpc) is 2.80. The molecule has 3 aromatic rings. The van der Waals surface area contributed by atoms with Crippen LogP contribution < -0.4 is 4.74 Å². The summed E-state index contributed by atoms with van der Waals surface area (Å²) in [5.41, 5.74) is 2.41. The highest BCUT2D eigenvalue weighted by Gasteiger charge is 2.22. The van der Waals surface area contributed by atoms with E-state index in [1.165, 1.54) is 69.1 Å². The lowest BCUT2D eigenvalue weighted by Gasteiger charge is -2.29. The maximum Gasteiger partial charge on any atom is 0.387 e. The van der Waals surface area contributed by atoms with E-state index in [1.54, 1.807) is 18.2 Å². The van der Waals surface area contributed by atoms with Gasteiger partial charge < -0.3 is 4.74 Å². The highest BCUT2D eigenvalue weighted by molar-refractivity contribution is 5.89. The molecule has 1 saturated carbocycles. The molecule has 1 fully saturated rings. The quantitative estimate of drug-likeness (QED) is 0.317. The number of halogens is 3. The Morgan fingerprint density at radius 1 is 0.906 bits per heavy atom. The van der Waals surface area contributed by atoms with Gasteiger partial charge in [0.1, 0.15) is 11.6 Å². The molecule has 4 rings (SSSR count). The fourth-order valence-electron chi connectivity index (χ4n) is 5.07. The molecule has 1 aliphatic carbocycles. The normalized spacial score (nSPS) is 18.9. The minimum Gasteiger partial charge on any atom is -0.435 e. The van der Waals surface area contributed by atoms with Crippen molar-refractivity contribution in [2.45, 2.75) is 70.8 Å².